The molecule has 3 fully saturated rings. The number of hydrogen-bond donors (Lipinski definition) is 2. The van der Waals surface area contributed by atoms with E-state index >= 15 is 0 Å². The van der Waals surface area contributed by atoms with Crippen molar-refractivity contribution in [1.29, 1.82) is 0 Å². The number of aliphatic hydroxyl groups is 1. The fourth-order valence-electron chi connectivity index (χ4n) is 7.10. The Morgan fingerprint density at radius 3 is 2.77 bits per heavy atom. The highest BCUT2D eigenvalue weighted by molar-refractivity contribution is 6.03. The van der Waals surface area contributed by atoms with Crippen molar-refractivity contribution in [3.05, 3.63) is 47.2 Å². The average molecular weight is 408 g/mol. The summed E-state index contributed by atoms with van der Waals surface area (Å²) in [6, 6.07) is 9.13. The van der Waals surface area contributed by atoms with Crippen LogP contribution in [-0.2, 0) is 16.0 Å². The van der Waals surface area contributed by atoms with Crippen LogP contribution in [-0.4, -0.2) is 22.8 Å². The number of aliphatic hydroxyl groups excluding tert-OH is 1. The molecule has 5 atom stereocenters. The quantitative estimate of drug-likeness (QED) is 0.554. The first-order valence-electron chi connectivity index (χ1n) is 11.8. The first-order chi connectivity index (χ1) is 14.5. The predicted molar refractivity (Wildman–Crippen MR) is 116 cm³/mol. The van der Waals surface area contributed by atoms with Gasteiger partial charge in [0, 0.05) is 23.5 Å². The third-order valence-corrected chi connectivity index (χ3v) is 8.80. The van der Waals surface area contributed by atoms with E-state index in [1.807, 2.05) is 0 Å². The molecule has 4 heteroatoms. The van der Waals surface area contributed by atoms with E-state index in [4.69, 9.17) is 0 Å². The minimum Gasteiger partial charge on any atom is -0.515 e. The minimum absolute atomic E-state index is 0.0160. The van der Waals surface area contributed by atoms with E-state index in [-0.39, 0.29) is 23.5 Å². The maximum absolute atomic E-state index is 13.4. The van der Waals surface area contributed by atoms with E-state index in [1.54, 1.807) is 0 Å². The van der Waals surface area contributed by atoms with Gasteiger partial charge in [-0.25, -0.2) is 0 Å². The molecule has 0 spiro atoms. The summed E-state index contributed by atoms with van der Waals surface area (Å²) in [5.74, 6) is 1.35. The van der Waals surface area contributed by atoms with Crippen LogP contribution in [0.1, 0.15) is 75.3 Å². The molecule has 4 nitrogen and oxygen atoms in total. The van der Waals surface area contributed by atoms with Gasteiger partial charge in [-0.2, -0.15) is 0 Å². The normalized spacial score (nSPS) is 36.6. The molecule has 4 aliphatic carbocycles. The molecule has 0 radical (unpaired) electrons. The second kappa shape index (κ2) is 7.55. The summed E-state index contributed by atoms with van der Waals surface area (Å²) in [4.78, 5) is 25.9. The second-order valence-electron chi connectivity index (χ2n) is 10.2. The number of benzene rings is 1. The number of carbonyl (C=O) groups is 2. The number of hydrogen-bond acceptors (Lipinski definition) is 3. The highest BCUT2D eigenvalue weighted by atomic mass is 16.2. The summed E-state index contributed by atoms with van der Waals surface area (Å²) in [7, 11) is 0. The number of aryl methyl sites for hydroxylation is 1. The third-order valence-electron chi connectivity index (χ3n) is 8.80. The molecule has 5 rings (SSSR count). The number of amides is 1. The maximum atomic E-state index is 13.4. The van der Waals surface area contributed by atoms with Crippen molar-refractivity contribution >= 4 is 11.7 Å². The fraction of sp³-hybridized carbons (Fsp3) is 0.615. The molecule has 0 aromatic heterocycles. The van der Waals surface area contributed by atoms with E-state index in [2.05, 4.69) is 36.5 Å². The van der Waals surface area contributed by atoms with Crippen LogP contribution >= 0.6 is 0 Å². The Bertz CT molecular complexity index is 886. The van der Waals surface area contributed by atoms with Crippen molar-refractivity contribution in [3.8, 4) is 0 Å². The molecule has 3 saturated carbocycles. The molecular weight excluding hydrogens is 374 g/mol. The third kappa shape index (κ3) is 3.02. The summed E-state index contributed by atoms with van der Waals surface area (Å²) < 4.78 is 0. The van der Waals surface area contributed by atoms with Crippen molar-refractivity contribution < 1.29 is 14.7 Å². The molecule has 1 amide bonds. The van der Waals surface area contributed by atoms with Crippen LogP contribution in [0.3, 0.4) is 0 Å². The fourth-order valence-corrected chi connectivity index (χ4v) is 7.10. The van der Waals surface area contributed by atoms with Gasteiger partial charge >= 0.3 is 0 Å². The zero-order chi connectivity index (χ0) is 20.9. The van der Waals surface area contributed by atoms with Gasteiger partial charge in [0.1, 0.15) is 0 Å². The van der Waals surface area contributed by atoms with Gasteiger partial charge in [0.05, 0.1) is 6.26 Å². The van der Waals surface area contributed by atoms with Crippen molar-refractivity contribution in [2.75, 3.05) is 0 Å². The molecule has 0 saturated heterocycles. The number of rotatable bonds is 4. The predicted octanol–water partition coefficient (Wildman–Crippen LogP) is 4.84. The molecule has 4 aliphatic rings. The van der Waals surface area contributed by atoms with Crippen LogP contribution in [0.4, 0.5) is 0 Å². The van der Waals surface area contributed by atoms with Gasteiger partial charge in [0.15, 0.2) is 5.78 Å². The van der Waals surface area contributed by atoms with E-state index in [0.717, 1.165) is 44.8 Å². The largest absolute Gasteiger partial charge is 0.515 e. The zero-order valence-corrected chi connectivity index (χ0v) is 17.9. The number of carbonyl (C=O) groups excluding carboxylic acids is 2. The second-order valence-corrected chi connectivity index (χ2v) is 10.2. The smallest absolute Gasteiger partial charge is 0.220 e. The summed E-state index contributed by atoms with van der Waals surface area (Å²) >= 11 is 0. The maximum Gasteiger partial charge on any atom is 0.220 e. The standard InChI is InChI=1S/C26H33NO3/c1-26-14-13-19-18-8-3-2-5-16(18)9-10-20(19)24(26)21(22(15-28)25(26)30)11-12-23(29)27-17-6-4-7-17/h2-3,5,8,15,17,19-21,24,28H,4,6-7,9-14H2,1H3,(H,27,29)/b22-15-/t19?,20?,21-,24?,26+/m1/s1. The first kappa shape index (κ1) is 19.8. The highest BCUT2D eigenvalue weighted by Crippen LogP contribution is 2.63. The van der Waals surface area contributed by atoms with Crippen molar-refractivity contribution in [3.63, 3.8) is 0 Å². The monoisotopic (exact) mass is 407 g/mol. The van der Waals surface area contributed by atoms with Crippen LogP contribution in [0, 0.1) is 23.2 Å². The van der Waals surface area contributed by atoms with Crippen molar-refractivity contribution in [2.24, 2.45) is 23.2 Å². The van der Waals surface area contributed by atoms with Gasteiger partial charge in [-0.3, -0.25) is 9.59 Å². The van der Waals surface area contributed by atoms with Gasteiger partial charge in [-0.15, -0.1) is 0 Å². The minimum atomic E-state index is -0.406. The summed E-state index contributed by atoms with van der Waals surface area (Å²) in [6.07, 6.45) is 9.58. The summed E-state index contributed by atoms with van der Waals surface area (Å²) in [5.41, 5.74) is 3.09. The number of Topliss-reactive ketones (excluding diaryl/α,β-unsaturated/α-hetero) is 1. The van der Waals surface area contributed by atoms with Gasteiger partial charge in [-0.1, -0.05) is 31.2 Å². The van der Waals surface area contributed by atoms with Gasteiger partial charge in [0.25, 0.3) is 0 Å². The molecule has 1 aromatic carbocycles. The van der Waals surface area contributed by atoms with E-state index in [1.165, 1.54) is 17.5 Å². The molecule has 160 valence electrons. The molecule has 0 heterocycles. The lowest BCUT2D eigenvalue weighted by atomic mass is 9.54. The molecule has 3 unspecified atom stereocenters. The van der Waals surface area contributed by atoms with Crippen LogP contribution in [0.2, 0.25) is 0 Å². The molecule has 2 N–H and O–H groups in total. The zero-order valence-electron chi connectivity index (χ0n) is 17.9. The van der Waals surface area contributed by atoms with E-state index in [9.17, 15) is 14.7 Å². The Balaban J connectivity index is 1.41. The van der Waals surface area contributed by atoms with Crippen LogP contribution in [0.15, 0.2) is 36.1 Å². The van der Waals surface area contributed by atoms with Gasteiger partial charge < -0.3 is 10.4 Å². The van der Waals surface area contributed by atoms with Gasteiger partial charge in [0.2, 0.25) is 5.91 Å². The lowest BCUT2D eigenvalue weighted by Gasteiger charge is -2.49. The molecule has 30 heavy (non-hydrogen) atoms. The van der Waals surface area contributed by atoms with Gasteiger partial charge in [-0.05, 0) is 86.2 Å². The van der Waals surface area contributed by atoms with Crippen molar-refractivity contribution in [2.45, 2.75) is 76.7 Å². The van der Waals surface area contributed by atoms with Crippen LogP contribution < -0.4 is 5.32 Å². The Morgan fingerprint density at radius 2 is 2.03 bits per heavy atom. The number of ketones is 1. The van der Waals surface area contributed by atoms with E-state index in [0.29, 0.717) is 36.3 Å². The molecule has 0 bridgehead atoms. The topological polar surface area (TPSA) is 66.4 Å². The Labute approximate surface area is 179 Å². The number of nitrogens with one attached hydrogen (secondary N) is 1. The summed E-state index contributed by atoms with van der Waals surface area (Å²) in [6.45, 7) is 2.12. The molecule has 0 aliphatic heterocycles. The number of fused-ring (bicyclic) bond motifs is 5. The molecular formula is C26H33NO3. The number of allylic oxidation sites excluding steroid dienone is 1. The lowest BCUT2D eigenvalue weighted by Crippen LogP contribution is -2.44. The summed E-state index contributed by atoms with van der Waals surface area (Å²) in [5, 5.41) is 13.1. The Kier molecular flexibility index (Phi) is 4.99. The molecule has 1 aromatic rings. The highest BCUT2D eigenvalue weighted by Gasteiger charge is 2.60. The van der Waals surface area contributed by atoms with Crippen LogP contribution in [0.25, 0.3) is 0 Å². The SMILES string of the molecule is C[C@]12CCC3c4ccccc4CCC3C1[C@H](CCC(=O)NC1CCC1)/C(=C/O)C2=O. The first-order valence-corrected chi connectivity index (χ1v) is 11.8. The lowest BCUT2D eigenvalue weighted by molar-refractivity contribution is -0.127. The van der Waals surface area contributed by atoms with E-state index < -0.39 is 5.41 Å². The van der Waals surface area contributed by atoms with Crippen molar-refractivity contribution in [1.82, 2.24) is 5.32 Å². The van der Waals surface area contributed by atoms with Crippen LogP contribution in [0.5, 0.6) is 0 Å². The Morgan fingerprint density at radius 1 is 1.23 bits per heavy atom. The average Bonchev–Trinajstić information content (AvgIpc) is 2.95. The Hall–Kier alpha value is -2.10.